The van der Waals surface area contributed by atoms with Crippen LogP contribution in [0.15, 0.2) is 53.4 Å². The van der Waals surface area contributed by atoms with Crippen LogP contribution in [-0.4, -0.2) is 20.4 Å². The Morgan fingerprint density at radius 3 is 2.32 bits per heavy atom. The van der Waals surface area contributed by atoms with E-state index in [1.54, 1.807) is 30.3 Å². The van der Waals surface area contributed by atoms with E-state index in [1.807, 2.05) is 25.1 Å². The number of carbonyl (C=O) groups is 1. The van der Waals surface area contributed by atoms with Crippen LogP contribution in [-0.2, 0) is 20.2 Å². The van der Waals surface area contributed by atoms with Gasteiger partial charge in [-0.05, 0) is 68.0 Å². The van der Waals surface area contributed by atoms with Crippen molar-refractivity contribution in [2.24, 2.45) is 0 Å². The standard InChI is InChI=1S/C22H26N2O3S/c1-16-5-4-8-20(15-16)28(26,27)24-19-11-9-17(10-12-19)22(13-14-22)21(25)23-18-6-2-3-7-18/h4-5,8-12,15,18,24H,2-3,6-7,13-14H2,1H3,(H,23,25). The molecule has 5 nitrogen and oxygen atoms in total. The quantitative estimate of drug-likeness (QED) is 0.775. The Balaban J connectivity index is 1.47. The molecule has 0 heterocycles. The smallest absolute Gasteiger partial charge is 0.261 e. The molecule has 2 saturated carbocycles. The lowest BCUT2D eigenvalue weighted by Crippen LogP contribution is -2.40. The van der Waals surface area contributed by atoms with Gasteiger partial charge in [-0.1, -0.05) is 37.1 Å². The molecule has 0 spiro atoms. The number of nitrogens with one attached hydrogen (secondary N) is 2. The number of hydrogen-bond donors (Lipinski definition) is 2. The summed E-state index contributed by atoms with van der Waals surface area (Å²) in [6, 6.07) is 14.3. The molecule has 0 saturated heterocycles. The van der Waals surface area contributed by atoms with E-state index in [0.29, 0.717) is 11.7 Å². The van der Waals surface area contributed by atoms with Crippen LogP contribution in [0.3, 0.4) is 0 Å². The zero-order valence-corrected chi connectivity index (χ0v) is 16.9. The lowest BCUT2D eigenvalue weighted by Gasteiger charge is -2.20. The highest BCUT2D eigenvalue weighted by Gasteiger charge is 2.51. The van der Waals surface area contributed by atoms with Gasteiger partial charge < -0.3 is 5.32 Å². The van der Waals surface area contributed by atoms with Gasteiger partial charge in [-0.3, -0.25) is 9.52 Å². The normalized spacial score (nSPS) is 18.6. The van der Waals surface area contributed by atoms with Crippen molar-refractivity contribution in [3.8, 4) is 0 Å². The maximum absolute atomic E-state index is 12.8. The van der Waals surface area contributed by atoms with Crippen LogP contribution in [0.25, 0.3) is 0 Å². The minimum absolute atomic E-state index is 0.118. The van der Waals surface area contributed by atoms with Crippen LogP contribution >= 0.6 is 0 Å². The van der Waals surface area contributed by atoms with Gasteiger partial charge in [0.1, 0.15) is 0 Å². The molecular weight excluding hydrogens is 372 g/mol. The van der Waals surface area contributed by atoms with Crippen LogP contribution in [0.2, 0.25) is 0 Å². The third-order valence-electron chi connectivity index (χ3n) is 5.86. The van der Waals surface area contributed by atoms with Crippen molar-refractivity contribution in [3.05, 3.63) is 59.7 Å². The third kappa shape index (κ3) is 3.78. The highest BCUT2D eigenvalue weighted by Crippen LogP contribution is 2.49. The predicted molar refractivity (Wildman–Crippen MR) is 110 cm³/mol. The van der Waals surface area contributed by atoms with E-state index < -0.39 is 15.4 Å². The fourth-order valence-corrected chi connectivity index (χ4v) is 5.18. The summed E-state index contributed by atoms with van der Waals surface area (Å²) in [5.74, 6) is 0.118. The van der Waals surface area contributed by atoms with E-state index in [0.717, 1.165) is 36.8 Å². The maximum atomic E-state index is 12.8. The zero-order chi connectivity index (χ0) is 19.8. The van der Waals surface area contributed by atoms with Gasteiger partial charge in [0.2, 0.25) is 5.91 Å². The summed E-state index contributed by atoms with van der Waals surface area (Å²) in [4.78, 5) is 13.0. The molecule has 2 aromatic rings. The molecule has 2 aliphatic carbocycles. The first-order chi connectivity index (χ1) is 13.4. The van der Waals surface area contributed by atoms with E-state index >= 15 is 0 Å². The number of anilines is 1. The minimum atomic E-state index is -3.63. The van der Waals surface area contributed by atoms with Gasteiger partial charge in [0.05, 0.1) is 10.3 Å². The average Bonchev–Trinajstić information content (AvgIpc) is 3.33. The Kier molecular flexibility index (Phi) is 4.91. The van der Waals surface area contributed by atoms with E-state index in [-0.39, 0.29) is 10.8 Å². The largest absolute Gasteiger partial charge is 0.353 e. The Hall–Kier alpha value is -2.34. The summed E-state index contributed by atoms with van der Waals surface area (Å²) in [5.41, 5.74) is 1.91. The lowest BCUT2D eigenvalue weighted by atomic mass is 9.94. The van der Waals surface area contributed by atoms with Gasteiger partial charge in [0, 0.05) is 11.7 Å². The van der Waals surface area contributed by atoms with Gasteiger partial charge in [0.15, 0.2) is 0 Å². The second kappa shape index (κ2) is 7.24. The zero-order valence-electron chi connectivity index (χ0n) is 16.1. The van der Waals surface area contributed by atoms with Gasteiger partial charge in [-0.2, -0.15) is 0 Å². The molecule has 0 atom stereocenters. The number of aryl methyl sites for hydroxylation is 1. The minimum Gasteiger partial charge on any atom is -0.353 e. The number of hydrogen-bond acceptors (Lipinski definition) is 3. The number of rotatable bonds is 6. The van der Waals surface area contributed by atoms with Crippen LogP contribution in [0, 0.1) is 6.92 Å². The molecule has 2 aliphatic rings. The summed E-state index contributed by atoms with van der Waals surface area (Å²) in [6.45, 7) is 1.86. The molecule has 0 aromatic heterocycles. The summed E-state index contributed by atoms with van der Waals surface area (Å²) in [7, 11) is -3.63. The molecule has 1 amide bonds. The summed E-state index contributed by atoms with van der Waals surface area (Å²) < 4.78 is 27.8. The van der Waals surface area contributed by atoms with E-state index in [2.05, 4.69) is 10.0 Å². The Morgan fingerprint density at radius 2 is 1.71 bits per heavy atom. The molecule has 148 valence electrons. The Labute approximate surface area is 166 Å². The van der Waals surface area contributed by atoms with Crippen molar-refractivity contribution in [1.29, 1.82) is 0 Å². The first-order valence-electron chi connectivity index (χ1n) is 9.90. The topological polar surface area (TPSA) is 75.3 Å². The number of carbonyl (C=O) groups excluding carboxylic acids is 1. The van der Waals surface area contributed by atoms with Crippen molar-refractivity contribution in [1.82, 2.24) is 5.32 Å². The molecule has 28 heavy (non-hydrogen) atoms. The average molecular weight is 399 g/mol. The molecule has 0 unspecified atom stereocenters. The van der Waals surface area contributed by atoms with Crippen LogP contribution in [0.4, 0.5) is 5.69 Å². The fraction of sp³-hybridized carbons (Fsp3) is 0.409. The van der Waals surface area contributed by atoms with Crippen molar-refractivity contribution >= 4 is 21.6 Å². The van der Waals surface area contributed by atoms with E-state index in [4.69, 9.17) is 0 Å². The molecule has 6 heteroatoms. The van der Waals surface area contributed by atoms with Gasteiger partial charge in [-0.25, -0.2) is 8.42 Å². The number of amides is 1. The molecule has 4 rings (SSSR count). The first-order valence-corrected chi connectivity index (χ1v) is 11.4. The molecule has 0 aliphatic heterocycles. The highest BCUT2D eigenvalue weighted by atomic mass is 32.2. The molecule has 0 bridgehead atoms. The second-order valence-corrected chi connectivity index (χ2v) is 9.72. The van der Waals surface area contributed by atoms with E-state index in [1.165, 1.54) is 12.8 Å². The molecule has 2 aromatic carbocycles. The number of benzene rings is 2. The van der Waals surface area contributed by atoms with Gasteiger partial charge in [-0.15, -0.1) is 0 Å². The van der Waals surface area contributed by atoms with Crippen molar-refractivity contribution in [2.45, 2.75) is 61.8 Å². The van der Waals surface area contributed by atoms with Crippen LogP contribution in [0.5, 0.6) is 0 Å². The summed E-state index contributed by atoms with van der Waals surface area (Å²) in [6.07, 6.45) is 6.21. The molecule has 0 radical (unpaired) electrons. The highest BCUT2D eigenvalue weighted by molar-refractivity contribution is 7.92. The molecule has 2 N–H and O–H groups in total. The fourth-order valence-electron chi connectivity index (χ4n) is 4.02. The Bertz CT molecular complexity index is 973. The molecular formula is C22H26N2O3S. The van der Waals surface area contributed by atoms with Crippen LogP contribution < -0.4 is 10.0 Å². The van der Waals surface area contributed by atoms with Gasteiger partial charge in [0.25, 0.3) is 10.0 Å². The van der Waals surface area contributed by atoms with Gasteiger partial charge >= 0.3 is 0 Å². The van der Waals surface area contributed by atoms with Crippen molar-refractivity contribution in [3.63, 3.8) is 0 Å². The van der Waals surface area contributed by atoms with Crippen molar-refractivity contribution in [2.75, 3.05) is 4.72 Å². The molecule has 2 fully saturated rings. The summed E-state index contributed by atoms with van der Waals surface area (Å²) >= 11 is 0. The number of sulfonamides is 1. The van der Waals surface area contributed by atoms with E-state index in [9.17, 15) is 13.2 Å². The maximum Gasteiger partial charge on any atom is 0.261 e. The predicted octanol–water partition coefficient (Wildman–Crippen LogP) is 3.89. The monoisotopic (exact) mass is 398 g/mol. The van der Waals surface area contributed by atoms with Crippen LogP contribution in [0.1, 0.15) is 49.7 Å². The first kappa shape index (κ1) is 19.0. The lowest BCUT2D eigenvalue weighted by molar-refractivity contribution is -0.124. The Morgan fingerprint density at radius 1 is 1.04 bits per heavy atom. The summed E-state index contributed by atoms with van der Waals surface area (Å²) in [5, 5.41) is 3.21. The van der Waals surface area contributed by atoms with Crippen molar-refractivity contribution < 1.29 is 13.2 Å². The SMILES string of the molecule is Cc1cccc(S(=O)(=O)Nc2ccc(C3(C(=O)NC4CCCC4)CC3)cc2)c1. The third-order valence-corrected chi connectivity index (χ3v) is 7.24. The second-order valence-electron chi connectivity index (χ2n) is 8.04.